The summed E-state index contributed by atoms with van der Waals surface area (Å²) < 4.78 is 7.23. The van der Waals surface area contributed by atoms with E-state index < -0.39 is 0 Å². The summed E-state index contributed by atoms with van der Waals surface area (Å²) in [5.74, 6) is -0.0959. The number of hydrogen-bond donors (Lipinski definition) is 1. The first-order valence-electron chi connectivity index (χ1n) is 6.39. The minimum absolute atomic E-state index is 0.0959. The highest BCUT2D eigenvalue weighted by Gasteiger charge is 2.26. The molecule has 0 aromatic carbocycles. The number of carbonyl (C=O) groups excluding carboxylic acids is 1. The van der Waals surface area contributed by atoms with Crippen molar-refractivity contribution in [1.82, 2.24) is 14.7 Å². The zero-order chi connectivity index (χ0) is 13.1. The molecule has 0 saturated carbocycles. The molecule has 0 aliphatic carbocycles. The van der Waals surface area contributed by atoms with Gasteiger partial charge in [0.15, 0.2) is 5.69 Å². The van der Waals surface area contributed by atoms with Crippen LogP contribution in [0.25, 0.3) is 0 Å². The molecule has 1 amide bonds. The fraction of sp³-hybridized carbons (Fsp3) is 0.667. The number of anilines is 1. The van der Waals surface area contributed by atoms with Gasteiger partial charge in [0, 0.05) is 25.8 Å². The topological polar surface area (TPSA) is 73.4 Å². The highest BCUT2D eigenvalue weighted by atomic mass is 16.5. The number of nitrogens with zero attached hydrogens (tertiary/aromatic N) is 3. The molecule has 1 saturated heterocycles. The number of amides is 1. The van der Waals surface area contributed by atoms with Gasteiger partial charge in [0.2, 0.25) is 0 Å². The van der Waals surface area contributed by atoms with Gasteiger partial charge in [0.25, 0.3) is 5.91 Å². The van der Waals surface area contributed by atoms with Crippen molar-refractivity contribution in [1.29, 1.82) is 0 Å². The summed E-state index contributed by atoms with van der Waals surface area (Å²) in [5.41, 5.74) is 6.63. The van der Waals surface area contributed by atoms with E-state index in [1.165, 1.54) is 0 Å². The summed E-state index contributed by atoms with van der Waals surface area (Å²) in [6, 6.07) is 0. The number of hydrogen-bond acceptors (Lipinski definition) is 4. The summed E-state index contributed by atoms with van der Waals surface area (Å²) in [6.07, 6.45) is 2.73. The molecule has 2 N–H and O–H groups in total. The van der Waals surface area contributed by atoms with Crippen LogP contribution in [0.3, 0.4) is 0 Å². The first kappa shape index (κ1) is 12.9. The van der Waals surface area contributed by atoms with E-state index >= 15 is 0 Å². The van der Waals surface area contributed by atoms with Gasteiger partial charge in [-0.15, -0.1) is 0 Å². The number of ether oxygens (including phenoxy) is 1. The number of aryl methyl sites for hydroxylation is 1. The van der Waals surface area contributed by atoms with Crippen LogP contribution in [-0.2, 0) is 11.3 Å². The van der Waals surface area contributed by atoms with E-state index in [4.69, 9.17) is 10.5 Å². The molecule has 6 heteroatoms. The normalized spacial score (nSPS) is 20.1. The van der Waals surface area contributed by atoms with Crippen LogP contribution in [0, 0.1) is 0 Å². The monoisotopic (exact) mass is 252 g/mol. The van der Waals surface area contributed by atoms with E-state index in [-0.39, 0.29) is 12.0 Å². The number of aromatic nitrogens is 2. The molecule has 1 aliphatic heterocycles. The Kier molecular flexibility index (Phi) is 3.86. The van der Waals surface area contributed by atoms with Crippen molar-refractivity contribution in [3.8, 4) is 0 Å². The lowest BCUT2D eigenvalue weighted by Crippen LogP contribution is -2.45. The van der Waals surface area contributed by atoms with Crippen molar-refractivity contribution in [2.75, 3.05) is 25.4 Å². The molecule has 1 aliphatic rings. The van der Waals surface area contributed by atoms with Crippen LogP contribution in [0.5, 0.6) is 0 Å². The van der Waals surface area contributed by atoms with Crippen molar-refractivity contribution in [3.05, 3.63) is 11.9 Å². The van der Waals surface area contributed by atoms with Crippen LogP contribution in [-0.4, -0.2) is 46.4 Å². The fourth-order valence-corrected chi connectivity index (χ4v) is 2.07. The molecule has 2 rings (SSSR count). The predicted molar refractivity (Wildman–Crippen MR) is 68.2 cm³/mol. The molecule has 2 heterocycles. The molecular weight excluding hydrogens is 232 g/mol. The molecule has 100 valence electrons. The fourth-order valence-electron chi connectivity index (χ4n) is 2.07. The van der Waals surface area contributed by atoms with Gasteiger partial charge in [-0.2, -0.15) is 5.10 Å². The molecule has 0 bridgehead atoms. The van der Waals surface area contributed by atoms with Crippen LogP contribution in [0.4, 0.5) is 5.69 Å². The Balaban J connectivity index is 2.12. The zero-order valence-corrected chi connectivity index (χ0v) is 10.9. The molecule has 1 fully saturated rings. The van der Waals surface area contributed by atoms with Gasteiger partial charge in [-0.25, -0.2) is 0 Å². The minimum atomic E-state index is -0.0959. The molecule has 1 aromatic heterocycles. The number of rotatable bonds is 3. The maximum Gasteiger partial charge on any atom is 0.276 e. The van der Waals surface area contributed by atoms with Crippen LogP contribution in [0.15, 0.2) is 6.20 Å². The first-order valence-corrected chi connectivity index (χ1v) is 6.39. The Morgan fingerprint density at radius 1 is 1.61 bits per heavy atom. The first-order chi connectivity index (χ1) is 8.65. The summed E-state index contributed by atoms with van der Waals surface area (Å²) in [5, 5.41) is 4.21. The minimum Gasteiger partial charge on any atom is -0.396 e. The number of carbonyl (C=O) groups is 1. The molecule has 1 aromatic rings. The Morgan fingerprint density at radius 2 is 2.39 bits per heavy atom. The second kappa shape index (κ2) is 5.39. The van der Waals surface area contributed by atoms with Crippen LogP contribution >= 0.6 is 0 Å². The lowest BCUT2D eigenvalue weighted by Gasteiger charge is -2.32. The average molecular weight is 252 g/mol. The molecule has 1 unspecified atom stereocenters. The predicted octanol–water partition coefficient (Wildman–Crippen LogP) is 0.736. The second-order valence-electron chi connectivity index (χ2n) is 4.44. The van der Waals surface area contributed by atoms with Gasteiger partial charge in [0.05, 0.1) is 18.4 Å². The van der Waals surface area contributed by atoms with E-state index in [2.05, 4.69) is 12.0 Å². The third-order valence-corrected chi connectivity index (χ3v) is 3.20. The molecule has 0 radical (unpaired) electrons. The van der Waals surface area contributed by atoms with E-state index in [0.717, 1.165) is 6.42 Å². The standard InChI is InChI=1S/C12H20N4O2/c1-3-9-7-15(5-6-18-9)12(17)11-10(13)8-16(4-2)14-11/h8-9H,3-7,13H2,1-2H3. The summed E-state index contributed by atoms with van der Waals surface area (Å²) >= 11 is 0. The second-order valence-corrected chi connectivity index (χ2v) is 4.44. The lowest BCUT2D eigenvalue weighted by molar-refractivity contribution is -0.0228. The highest BCUT2D eigenvalue weighted by molar-refractivity contribution is 5.97. The molecule has 6 nitrogen and oxygen atoms in total. The van der Waals surface area contributed by atoms with Crippen molar-refractivity contribution in [2.45, 2.75) is 32.9 Å². The summed E-state index contributed by atoms with van der Waals surface area (Å²) in [6.45, 7) is 6.53. The van der Waals surface area contributed by atoms with Crippen molar-refractivity contribution < 1.29 is 9.53 Å². The van der Waals surface area contributed by atoms with Crippen molar-refractivity contribution in [3.63, 3.8) is 0 Å². The highest BCUT2D eigenvalue weighted by Crippen LogP contribution is 2.15. The third-order valence-electron chi connectivity index (χ3n) is 3.20. The zero-order valence-electron chi connectivity index (χ0n) is 10.9. The van der Waals surface area contributed by atoms with Gasteiger partial charge in [-0.3, -0.25) is 9.48 Å². The van der Waals surface area contributed by atoms with Gasteiger partial charge in [-0.05, 0) is 13.3 Å². The van der Waals surface area contributed by atoms with E-state index in [1.807, 2.05) is 6.92 Å². The van der Waals surface area contributed by atoms with Crippen LogP contribution < -0.4 is 5.73 Å². The summed E-state index contributed by atoms with van der Waals surface area (Å²) in [4.78, 5) is 14.1. The molecule has 0 spiro atoms. The largest absolute Gasteiger partial charge is 0.396 e. The maximum atomic E-state index is 12.3. The Bertz CT molecular complexity index is 430. The Hall–Kier alpha value is -1.56. The Morgan fingerprint density at radius 3 is 3.00 bits per heavy atom. The quantitative estimate of drug-likeness (QED) is 0.861. The van der Waals surface area contributed by atoms with Gasteiger partial charge >= 0.3 is 0 Å². The number of nitrogen functional groups attached to an aromatic ring is 1. The van der Waals surface area contributed by atoms with Gasteiger partial charge < -0.3 is 15.4 Å². The SMILES string of the molecule is CCC1CN(C(=O)c2nn(CC)cc2N)CCO1. The van der Waals surface area contributed by atoms with Crippen LogP contribution in [0.1, 0.15) is 30.8 Å². The molecule has 18 heavy (non-hydrogen) atoms. The van der Waals surface area contributed by atoms with Crippen molar-refractivity contribution in [2.24, 2.45) is 0 Å². The van der Waals surface area contributed by atoms with Gasteiger partial charge in [0.1, 0.15) is 0 Å². The molecule has 1 atom stereocenters. The maximum absolute atomic E-state index is 12.3. The van der Waals surface area contributed by atoms with Gasteiger partial charge in [-0.1, -0.05) is 6.92 Å². The lowest BCUT2D eigenvalue weighted by atomic mass is 10.2. The van der Waals surface area contributed by atoms with Crippen LogP contribution in [0.2, 0.25) is 0 Å². The Labute approximate surface area is 107 Å². The third kappa shape index (κ3) is 2.48. The molecular formula is C12H20N4O2. The van der Waals surface area contributed by atoms with Crippen molar-refractivity contribution >= 4 is 11.6 Å². The summed E-state index contributed by atoms with van der Waals surface area (Å²) in [7, 11) is 0. The average Bonchev–Trinajstić information content (AvgIpc) is 2.79. The number of morpholine rings is 1. The number of nitrogens with two attached hydrogens (primary N) is 1. The van der Waals surface area contributed by atoms with E-state index in [9.17, 15) is 4.79 Å². The smallest absolute Gasteiger partial charge is 0.276 e. The van der Waals surface area contributed by atoms with E-state index in [0.29, 0.717) is 37.6 Å². The van der Waals surface area contributed by atoms with E-state index in [1.54, 1.807) is 15.8 Å².